The van der Waals surface area contributed by atoms with Crippen LogP contribution < -0.4 is 0 Å². The Balaban J connectivity index is 1.88. The van der Waals surface area contributed by atoms with Gasteiger partial charge in [-0.25, -0.2) is 4.79 Å². The van der Waals surface area contributed by atoms with Gasteiger partial charge in [-0.15, -0.1) is 0 Å². The summed E-state index contributed by atoms with van der Waals surface area (Å²) in [5.74, 6) is -0.236. The number of hydrogen-bond donors (Lipinski definition) is 0. The molecule has 1 aliphatic heterocycles. The van der Waals surface area contributed by atoms with Gasteiger partial charge >= 0.3 is 6.09 Å². The smallest absolute Gasteiger partial charge is 0.410 e. The predicted octanol–water partition coefficient (Wildman–Crippen LogP) is 6.40. The second-order valence-corrected chi connectivity index (χ2v) is 9.25. The second-order valence-electron chi connectivity index (χ2n) is 8.85. The Morgan fingerprint density at radius 1 is 1.17 bits per heavy atom. The van der Waals surface area contributed by atoms with Crippen molar-refractivity contribution in [2.24, 2.45) is 5.92 Å². The van der Waals surface area contributed by atoms with Crippen molar-refractivity contribution in [3.8, 4) is 11.1 Å². The molecule has 4 nitrogen and oxygen atoms in total. The molecule has 5 heteroatoms. The maximum absolute atomic E-state index is 13.5. The van der Waals surface area contributed by atoms with E-state index in [1.54, 1.807) is 4.90 Å². The standard InChI is InChI=1S/C25H30ClNO3/c1-5-17-9-6-10-18(15-17)22-20(12-7-13-21(22)26)23(28)19-11-8-14-27(16-19)24(29)30-25(2,3)4/h6-7,9-10,12-13,15,19H,5,8,11,14,16H2,1-4H3/t19-/m1/s1. The molecule has 1 fully saturated rings. The Morgan fingerprint density at radius 2 is 1.90 bits per heavy atom. The fraction of sp³-hybridized carbons (Fsp3) is 0.440. The number of benzene rings is 2. The lowest BCUT2D eigenvalue weighted by Crippen LogP contribution is -2.44. The first kappa shape index (κ1) is 22.4. The predicted molar refractivity (Wildman–Crippen MR) is 121 cm³/mol. The Hall–Kier alpha value is -2.33. The number of rotatable bonds is 4. The van der Waals surface area contributed by atoms with Gasteiger partial charge in [0.05, 0.1) is 0 Å². The molecular formula is C25H30ClNO3. The van der Waals surface area contributed by atoms with E-state index in [-0.39, 0.29) is 17.8 Å². The molecule has 0 spiro atoms. The number of carbonyl (C=O) groups is 2. The third kappa shape index (κ3) is 5.23. The van der Waals surface area contributed by atoms with Crippen molar-refractivity contribution in [3.05, 3.63) is 58.6 Å². The first-order valence-electron chi connectivity index (χ1n) is 10.6. The van der Waals surface area contributed by atoms with Gasteiger partial charge < -0.3 is 9.64 Å². The van der Waals surface area contributed by atoms with Gasteiger partial charge in [0, 0.05) is 35.2 Å². The van der Waals surface area contributed by atoms with Crippen LogP contribution in [0.5, 0.6) is 0 Å². The third-order valence-corrected chi connectivity index (χ3v) is 5.66. The second kappa shape index (κ2) is 9.22. The lowest BCUT2D eigenvalue weighted by Gasteiger charge is -2.33. The summed E-state index contributed by atoms with van der Waals surface area (Å²) in [5, 5.41) is 0.564. The van der Waals surface area contributed by atoms with E-state index in [4.69, 9.17) is 16.3 Å². The maximum atomic E-state index is 13.5. The number of carbonyl (C=O) groups excluding carboxylic acids is 2. The highest BCUT2D eigenvalue weighted by Crippen LogP contribution is 2.35. The summed E-state index contributed by atoms with van der Waals surface area (Å²) in [5.41, 5.74) is 2.97. The minimum Gasteiger partial charge on any atom is -0.444 e. The van der Waals surface area contributed by atoms with E-state index < -0.39 is 5.60 Å². The zero-order chi connectivity index (χ0) is 21.9. The Kier molecular flexibility index (Phi) is 6.87. The molecule has 0 saturated carbocycles. The fourth-order valence-electron chi connectivity index (χ4n) is 3.87. The Labute approximate surface area is 184 Å². The molecule has 0 radical (unpaired) electrons. The summed E-state index contributed by atoms with van der Waals surface area (Å²) in [4.78, 5) is 27.7. The normalized spacial score (nSPS) is 17.0. The highest BCUT2D eigenvalue weighted by Gasteiger charge is 2.32. The quantitative estimate of drug-likeness (QED) is 0.530. The van der Waals surface area contributed by atoms with Gasteiger partial charge in [-0.2, -0.15) is 0 Å². The number of piperidine rings is 1. The number of hydrogen-bond acceptors (Lipinski definition) is 3. The molecule has 30 heavy (non-hydrogen) atoms. The van der Waals surface area contributed by atoms with Crippen LogP contribution >= 0.6 is 11.6 Å². The zero-order valence-electron chi connectivity index (χ0n) is 18.2. The summed E-state index contributed by atoms with van der Waals surface area (Å²) >= 11 is 6.56. The van der Waals surface area contributed by atoms with Crippen LogP contribution in [-0.2, 0) is 11.2 Å². The molecule has 2 aromatic rings. The third-order valence-electron chi connectivity index (χ3n) is 5.35. The number of aryl methyl sites for hydroxylation is 1. The van der Waals surface area contributed by atoms with E-state index >= 15 is 0 Å². The minimum absolute atomic E-state index is 0.0302. The molecule has 3 rings (SSSR count). The summed E-state index contributed by atoms with van der Waals surface area (Å²) in [6.45, 7) is 8.62. The summed E-state index contributed by atoms with van der Waals surface area (Å²) in [6.07, 6.45) is 2.08. The van der Waals surface area contributed by atoms with Crippen LogP contribution in [-0.4, -0.2) is 35.5 Å². The van der Waals surface area contributed by atoms with Crippen LogP contribution in [0.3, 0.4) is 0 Å². The maximum Gasteiger partial charge on any atom is 0.410 e. The molecule has 1 atom stereocenters. The van der Waals surface area contributed by atoms with Crippen molar-refractivity contribution >= 4 is 23.5 Å². The van der Waals surface area contributed by atoms with Crippen molar-refractivity contribution in [1.82, 2.24) is 4.90 Å². The van der Waals surface area contributed by atoms with Crippen molar-refractivity contribution < 1.29 is 14.3 Å². The van der Waals surface area contributed by atoms with Crippen LogP contribution in [0.4, 0.5) is 4.79 Å². The number of Topliss-reactive ketones (excluding diaryl/α,β-unsaturated/α-hetero) is 1. The van der Waals surface area contributed by atoms with Gasteiger partial charge in [0.1, 0.15) is 5.60 Å². The van der Waals surface area contributed by atoms with E-state index in [2.05, 4.69) is 19.1 Å². The van der Waals surface area contributed by atoms with Crippen molar-refractivity contribution in [3.63, 3.8) is 0 Å². The fourth-order valence-corrected chi connectivity index (χ4v) is 4.16. The number of nitrogens with zero attached hydrogens (tertiary/aromatic N) is 1. The van der Waals surface area contributed by atoms with E-state index in [0.29, 0.717) is 23.7 Å². The largest absolute Gasteiger partial charge is 0.444 e. The van der Waals surface area contributed by atoms with Crippen LogP contribution in [0.1, 0.15) is 56.5 Å². The van der Waals surface area contributed by atoms with Gasteiger partial charge in [0.25, 0.3) is 0 Å². The van der Waals surface area contributed by atoms with Crippen molar-refractivity contribution in [1.29, 1.82) is 0 Å². The summed E-state index contributed by atoms with van der Waals surface area (Å²) in [7, 11) is 0. The molecule has 1 saturated heterocycles. The van der Waals surface area contributed by atoms with Gasteiger partial charge in [0.2, 0.25) is 0 Å². The average Bonchev–Trinajstić information content (AvgIpc) is 2.72. The number of likely N-dealkylation sites (tertiary alicyclic amines) is 1. The molecule has 2 aromatic carbocycles. The number of ketones is 1. The molecule has 0 aromatic heterocycles. The van der Waals surface area contributed by atoms with Crippen LogP contribution in [0.2, 0.25) is 5.02 Å². The molecule has 1 amide bonds. The van der Waals surface area contributed by atoms with Gasteiger partial charge in [0.15, 0.2) is 5.78 Å². The van der Waals surface area contributed by atoms with E-state index in [1.807, 2.05) is 51.1 Å². The summed E-state index contributed by atoms with van der Waals surface area (Å²) < 4.78 is 5.50. The van der Waals surface area contributed by atoms with Crippen LogP contribution in [0.25, 0.3) is 11.1 Å². The Bertz CT molecular complexity index is 932. The van der Waals surface area contributed by atoms with E-state index in [9.17, 15) is 9.59 Å². The molecular weight excluding hydrogens is 398 g/mol. The monoisotopic (exact) mass is 427 g/mol. The molecule has 0 bridgehead atoms. The lowest BCUT2D eigenvalue weighted by atomic mass is 9.86. The topological polar surface area (TPSA) is 46.6 Å². The molecule has 0 N–H and O–H groups in total. The molecule has 0 aliphatic carbocycles. The lowest BCUT2D eigenvalue weighted by molar-refractivity contribution is 0.0172. The highest BCUT2D eigenvalue weighted by atomic mass is 35.5. The summed E-state index contributed by atoms with van der Waals surface area (Å²) in [6, 6.07) is 13.6. The van der Waals surface area contributed by atoms with Crippen molar-refractivity contribution in [2.45, 2.75) is 52.6 Å². The number of halogens is 1. The number of ether oxygens (including phenoxy) is 1. The van der Waals surface area contributed by atoms with Crippen LogP contribution in [0.15, 0.2) is 42.5 Å². The SMILES string of the molecule is CCc1cccc(-c2c(Cl)cccc2C(=O)[C@@H]2CCCN(C(=O)OC(C)(C)C)C2)c1. The van der Waals surface area contributed by atoms with Gasteiger partial charge in [-0.05, 0) is 57.2 Å². The molecule has 1 heterocycles. The molecule has 1 aliphatic rings. The van der Waals surface area contributed by atoms with Gasteiger partial charge in [-0.1, -0.05) is 54.9 Å². The molecule has 0 unspecified atom stereocenters. The zero-order valence-corrected chi connectivity index (χ0v) is 19.0. The first-order chi connectivity index (χ1) is 14.2. The average molecular weight is 428 g/mol. The van der Waals surface area contributed by atoms with E-state index in [1.165, 1.54) is 5.56 Å². The van der Waals surface area contributed by atoms with Crippen LogP contribution in [0, 0.1) is 5.92 Å². The Morgan fingerprint density at radius 3 is 2.60 bits per heavy atom. The van der Waals surface area contributed by atoms with Crippen molar-refractivity contribution in [2.75, 3.05) is 13.1 Å². The number of amides is 1. The highest BCUT2D eigenvalue weighted by molar-refractivity contribution is 6.34. The van der Waals surface area contributed by atoms with Gasteiger partial charge in [-0.3, -0.25) is 4.79 Å². The first-order valence-corrected chi connectivity index (χ1v) is 11.0. The van der Waals surface area contributed by atoms with E-state index in [0.717, 1.165) is 30.4 Å². The minimum atomic E-state index is -0.557. The molecule has 160 valence electrons.